The van der Waals surface area contributed by atoms with Crippen molar-refractivity contribution in [3.63, 3.8) is 0 Å². The molecule has 0 bridgehead atoms. The molecule has 2 rings (SSSR count). The van der Waals surface area contributed by atoms with E-state index in [2.05, 4.69) is 20.8 Å². The summed E-state index contributed by atoms with van der Waals surface area (Å²) in [6.45, 7) is 5.42. The number of hydrogen-bond acceptors (Lipinski definition) is 5. The monoisotopic (exact) mass is 304 g/mol. The molecule has 1 aromatic heterocycles. The summed E-state index contributed by atoms with van der Waals surface area (Å²) in [5.74, 6) is 0.852. The molecule has 1 heterocycles. The van der Waals surface area contributed by atoms with Gasteiger partial charge in [-0.25, -0.2) is 4.79 Å². The lowest BCUT2D eigenvalue weighted by Crippen LogP contribution is -2.40. The van der Waals surface area contributed by atoms with Crippen molar-refractivity contribution >= 4 is 11.7 Å². The minimum atomic E-state index is -0.347. The second-order valence-electron chi connectivity index (χ2n) is 5.23. The van der Waals surface area contributed by atoms with E-state index in [0.29, 0.717) is 23.0 Å². The Morgan fingerprint density at radius 2 is 2.09 bits per heavy atom. The number of hydrogen-bond donors (Lipinski definition) is 3. The van der Waals surface area contributed by atoms with Gasteiger partial charge >= 0.3 is 6.03 Å². The second kappa shape index (κ2) is 7.04. The van der Waals surface area contributed by atoms with Crippen molar-refractivity contribution in [3.05, 3.63) is 30.2 Å². The van der Waals surface area contributed by atoms with Gasteiger partial charge in [0.2, 0.25) is 11.7 Å². The quantitative estimate of drug-likeness (QED) is 0.786. The zero-order valence-corrected chi connectivity index (χ0v) is 12.8. The van der Waals surface area contributed by atoms with Crippen LogP contribution in [0.1, 0.15) is 19.7 Å². The maximum Gasteiger partial charge on any atom is 0.319 e. The van der Waals surface area contributed by atoms with Gasteiger partial charge < -0.3 is 20.3 Å². The Bertz CT molecular complexity index is 641. The van der Waals surface area contributed by atoms with Crippen molar-refractivity contribution in [3.8, 4) is 11.4 Å². The lowest BCUT2D eigenvalue weighted by molar-refractivity contribution is 0.204. The molecule has 3 N–H and O–H groups in total. The van der Waals surface area contributed by atoms with Gasteiger partial charge in [-0.15, -0.1) is 0 Å². The van der Waals surface area contributed by atoms with Gasteiger partial charge in [0.15, 0.2) is 0 Å². The molecule has 22 heavy (non-hydrogen) atoms. The number of para-hydroxylation sites is 1. The van der Waals surface area contributed by atoms with E-state index in [-0.39, 0.29) is 24.6 Å². The van der Waals surface area contributed by atoms with Crippen LogP contribution >= 0.6 is 0 Å². The molecule has 7 nitrogen and oxygen atoms in total. The first kappa shape index (κ1) is 16.0. The van der Waals surface area contributed by atoms with Gasteiger partial charge in [0.1, 0.15) is 0 Å². The van der Waals surface area contributed by atoms with Crippen LogP contribution in [0.3, 0.4) is 0 Å². The van der Waals surface area contributed by atoms with Crippen molar-refractivity contribution in [2.45, 2.75) is 26.8 Å². The number of anilines is 1. The predicted molar refractivity (Wildman–Crippen MR) is 82.3 cm³/mol. The summed E-state index contributed by atoms with van der Waals surface area (Å²) in [4.78, 5) is 16.2. The summed E-state index contributed by atoms with van der Waals surface area (Å²) >= 11 is 0. The summed E-state index contributed by atoms with van der Waals surface area (Å²) in [5, 5.41) is 18.5. The van der Waals surface area contributed by atoms with E-state index in [0.717, 1.165) is 0 Å². The number of aliphatic hydroxyl groups is 1. The van der Waals surface area contributed by atoms with Crippen LogP contribution in [0.4, 0.5) is 10.5 Å². The highest BCUT2D eigenvalue weighted by Gasteiger charge is 2.16. The summed E-state index contributed by atoms with van der Waals surface area (Å²) < 4.78 is 4.97. The molecule has 2 atom stereocenters. The first-order valence-electron chi connectivity index (χ1n) is 7.09. The van der Waals surface area contributed by atoms with Gasteiger partial charge in [0, 0.05) is 25.1 Å². The molecular formula is C15H20N4O3. The maximum atomic E-state index is 12.1. The highest BCUT2D eigenvalue weighted by Crippen LogP contribution is 2.25. The summed E-state index contributed by atoms with van der Waals surface area (Å²) in [6, 6.07) is 6.72. The fourth-order valence-corrected chi connectivity index (χ4v) is 1.86. The molecule has 0 aliphatic rings. The Kier molecular flexibility index (Phi) is 5.11. The average Bonchev–Trinajstić information content (AvgIpc) is 2.93. The van der Waals surface area contributed by atoms with E-state index in [1.807, 2.05) is 26.0 Å². The zero-order valence-electron chi connectivity index (χ0n) is 12.8. The number of nitrogens with zero attached hydrogens (tertiary/aromatic N) is 2. The third-order valence-electron chi connectivity index (χ3n) is 3.44. The third kappa shape index (κ3) is 3.82. The van der Waals surface area contributed by atoms with Crippen LogP contribution in [0.5, 0.6) is 0 Å². The highest BCUT2D eigenvalue weighted by molar-refractivity contribution is 5.93. The minimum Gasteiger partial charge on any atom is -0.396 e. The van der Waals surface area contributed by atoms with E-state index >= 15 is 0 Å². The number of carbonyl (C=O) groups excluding carboxylic acids is 1. The topological polar surface area (TPSA) is 100 Å². The molecule has 0 saturated carbocycles. The predicted octanol–water partition coefficient (Wildman–Crippen LogP) is 2.18. The first-order valence-corrected chi connectivity index (χ1v) is 7.09. The lowest BCUT2D eigenvalue weighted by atomic mass is 10.1. The molecule has 0 spiro atoms. The Labute approximate surface area is 128 Å². The minimum absolute atomic E-state index is 0.0141. The Balaban J connectivity index is 2.12. The molecule has 7 heteroatoms. The number of nitrogens with one attached hydrogen (secondary N) is 2. The molecule has 2 aromatic rings. The van der Waals surface area contributed by atoms with Gasteiger partial charge in [0.25, 0.3) is 0 Å². The summed E-state index contributed by atoms with van der Waals surface area (Å²) in [5.41, 5.74) is 1.27. The molecule has 0 unspecified atom stereocenters. The normalized spacial score (nSPS) is 13.5. The number of carbonyl (C=O) groups is 1. The number of benzene rings is 1. The summed E-state index contributed by atoms with van der Waals surface area (Å²) in [7, 11) is 0. The lowest BCUT2D eigenvalue weighted by Gasteiger charge is -2.20. The van der Waals surface area contributed by atoms with Gasteiger partial charge in [-0.1, -0.05) is 24.2 Å². The first-order chi connectivity index (χ1) is 10.5. The molecular weight excluding hydrogens is 284 g/mol. The molecule has 0 aliphatic heterocycles. The number of rotatable bonds is 5. The van der Waals surface area contributed by atoms with Crippen molar-refractivity contribution in [2.24, 2.45) is 5.92 Å². The van der Waals surface area contributed by atoms with E-state index in [1.54, 1.807) is 19.1 Å². The van der Waals surface area contributed by atoms with Crippen LogP contribution in [0.2, 0.25) is 0 Å². The Morgan fingerprint density at radius 1 is 1.36 bits per heavy atom. The van der Waals surface area contributed by atoms with Crippen LogP contribution in [-0.4, -0.2) is 33.9 Å². The Morgan fingerprint density at radius 3 is 2.73 bits per heavy atom. The van der Waals surface area contributed by atoms with Crippen LogP contribution in [0.15, 0.2) is 28.8 Å². The molecule has 0 radical (unpaired) electrons. The van der Waals surface area contributed by atoms with Crippen LogP contribution in [0, 0.1) is 12.8 Å². The van der Waals surface area contributed by atoms with Crippen molar-refractivity contribution in [1.82, 2.24) is 15.5 Å². The maximum absolute atomic E-state index is 12.1. The number of aliphatic hydroxyl groups excluding tert-OH is 1. The van der Waals surface area contributed by atoms with Crippen LogP contribution in [0.25, 0.3) is 11.4 Å². The van der Waals surface area contributed by atoms with E-state index < -0.39 is 0 Å². The van der Waals surface area contributed by atoms with Crippen LogP contribution in [-0.2, 0) is 0 Å². The van der Waals surface area contributed by atoms with Gasteiger partial charge in [-0.2, -0.15) is 4.98 Å². The second-order valence-corrected chi connectivity index (χ2v) is 5.23. The average molecular weight is 304 g/mol. The highest BCUT2D eigenvalue weighted by atomic mass is 16.5. The molecule has 0 saturated heterocycles. The van der Waals surface area contributed by atoms with E-state index in [9.17, 15) is 4.79 Å². The zero-order chi connectivity index (χ0) is 16.1. The number of urea groups is 1. The van der Waals surface area contributed by atoms with Gasteiger partial charge in [-0.05, 0) is 25.0 Å². The van der Waals surface area contributed by atoms with Gasteiger partial charge in [-0.3, -0.25) is 0 Å². The largest absolute Gasteiger partial charge is 0.396 e. The van der Waals surface area contributed by atoms with E-state index in [4.69, 9.17) is 9.63 Å². The fraction of sp³-hybridized carbons (Fsp3) is 0.400. The number of aryl methyl sites for hydroxylation is 1. The van der Waals surface area contributed by atoms with Crippen molar-refractivity contribution in [2.75, 3.05) is 11.9 Å². The number of amides is 2. The molecule has 0 aliphatic carbocycles. The van der Waals surface area contributed by atoms with E-state index in [1.165, 1.54) is 0 Å². The molecule has 0 fully saturated rings. The smallest absolute Gasteiger partial charge is 0.319 e. The standard InChI is InChI=1S/C15H20N4O3/c1-9(8-20)10(2)16-15(21)18-13-7-5-4-6-12(13)14-17-11(3)22-19-14/h4-7,9-10,20H,8H2,1-3H3,(H2,16,18,21)/t9-,10-/m0/s1. The molecule has 2 amide bonds. The SMILES string of the molecule is Cc1nc(-c2ccccc2NC(=O)N[C@@H](C)[C@@H](C)CO)no1. The molecule has 118 valence electrons. The van der Waals surface area contributed by atoms with Crippen LogP contribution < -0.4 is 10.6 Å². The fourth-order valence-electron chi connectivity index (χ4n) is 1.86. The third-order valence-corrected chi connectivity index (χ3v) is 3.44. The molecule has 1 aromatic carbocycles. The van der Waals surface area contributed by atoms with Gasteiger partial charge in [0.05, 0.1) is 5.69 Å². The Hall–Kier alpha value is -2.41. The number of aromatic nitrogens is 2. The van der Waals surface area contributed by atoms with Crippen molar-refractivity contribution in [1.29, 1.82) is 0 Å². The van der Waals surface area contributed by atoms with Crippen molar-refractivity contribution < 1.29 is 14.4 Å². The summed E-state index contributed by atoms with van der Waals surface area (Å²) in [6.07, 6.45) is 0.